The second kappa shape index (κ2) is 7.88. The van der Waals surface area contributed by atoms with Crippen molar-refractivity contribution >= 4 is 5.82 Å². The molecule has 1 unspecified atom stereocenters. The summed E-state index contributed by atoms with van der Waals surface area (Å²) in [4.78, 5) is 27.2. The maximum absolute atomic E-state index is 12.4. The minimum absolute atomic E-state index is 0.0344. The third-order valence-electron chi connectivity index (χ3n) is 5.78. The molecular formula is C22H29N5O2. The number of fused-ring (bicyclic) bond motifs is 1. The summed E-state index contributed by atoms with van der Waals surface area (Å²) in [6.45, 7) is 8.91. The molecule has 1 aliphatic heterocycles. The molecule has 29 heavy (non-hydrogen) atoms. The van der Waals surface area contributed by atoms with Crippen LogP contribution in [-0.4, -0.2) is 33.2 Å². The predicted molar refractivity (Wildman–Crippen MR) is 114 cm³/mol. The fraction of sp³-hybridized carbons (Fsp3) is 0.500. The van der Waals surface area contributed by atoms with Crippen molar-refractivity contribution in [1.82, 2.24) is 14.0 Å². The standard InChI is InChI=1S/C22H29N5O2/c1-22(2,3)18(14-27-11-10-15-8-6-7-9-16(15)13-27)24-19-17(12-23)20(28)26(5)21(29)25(19)4/h6-9,18,24H,10-11,13-14H2,1-5H3. The number of hydrogen-bond acceptors (Lipinski definition) is 5. The first kappa shape index (κ1) is 20.9. The summed E-state index contributed by atoms with van der Waals surface area (Å²) in [5.41, 5.74) is 1.53. The van der Waals surface area contributed by atoms with Crippen LogP contribution in [0.2, 0.25) is 0 Å². The quantitative estimate of drug-likeness (QED) is 0.854. The van der Waals surface area contributed by atoms with Crippen molar-refractivity contribution in [3.8, 4) is 6.07 Å². The Bertz CT molecular complexity index is 1070. The van der Waals surface area contributed by atoms with E-state index in [0.717, 1.165) is 30.6 Å². The summed E-state index contributed by atoms with van der Waals surface area (Å²) < 4.78 is 2.32. The van der Waals surface area contributed by atoms with E-state index in [4.69, 9.17) is 0 Å². The van der Waals surface area contributed by atoms with Crippen LogP contribution in [0.1, 0.15) is 37.5 Å². The second-order valence-corrected chi connectivity index (χ2v) is 8.86. The van der Waals surface area contributed by atoms with E-state index < -0.39 is 11.2 Å². The first-order valence-electron chi connectivity index (χ1n) is 9.89. The minimum atomic E-state index is -0.572. The molecule has 0 aliphatic carbocycles. The van der Waals surface area contributed by atoms with Crippen LogP contribution in [0.5, 0.6) is 0 Å². The highest BCUT2D eigenvalue weighted by molar-refractivity contribution is 5.52. The van der Waals surface area contributed by atoms with Crippen molar-refractivity contribution in [2.24, 2.45) is 19.5 Å². The Morgan fingerprint density at radius 2 is 1.79 bits per heavy atom. The monoisotopic (exact) mass is 395 g/mol. The highest BCUT2D eigenvalue weighted by Crippen LogP contribution is 2.26. The number of rotatable bonds is 4. The Balaban J connectivity index is 1.92. The molecule has 1 N–H and O–H groups in total. The van der Waals surface area contributed by atoms with Gasteiger partial charge in [0.25, 0.3) is 5.56 Å². The lowest BCUT2D eigenvalue weighted by Gasteiger charge is -2.38. The molecule has 154 valence electrons. The fourth-order valence-corrected chi connectivity index (χ4v) is 3.78. The average Bonchev–Trinajstić information content (AvgIpc) is 2.69. The molecule has 7 heteroatoms. The first-order chi connectivity index (χ1) is 13.6. The Kier molecular flexibility index (Phi) is 5.67. The Morgan fingerprint density at radius 1 is 1.14 bits per heavy atom. The van der Waals surface area contributed by atoms with E-state index in [1.165, 1.54) is 22.7 Å². The SMILES string of the molecule is Cn1c(NC(CN2CCc3ccccc3C2)C(C)(C)C)c(C#N)c(=O)n(C)c1=O. The summed E-state index contributed by atoms with van der Waals surface area (Å²) in [7, 11) is 2.98. The van der Waals surface area contributed by atoms with Crippen molar-refractivity contribution in [3.05, 3.63) is 61.8 Å². The van der Waals surface area contributed by atoms with E-state index in [1.807, 2.05) is 6.07 Å². The Morgan fingerprint density at radius 3 is 2.41 bits per heavy atom. The van der Waals surface area contributed by atoms with Crippen LogP contribution < -0.4 is 16.6 Å². The van der Waals surface area contributed by atoms with E-state index in [-0.39, 0.29) is 22.8 Å². The largest absolute Gasteiger partial charge is 0.366 e. The van der Waals surface area contributed by atoms with Crippen LogP contribution in [0.3, 0.4) is 0 Å². The highest BCUT2D eigenvalue weighted by atomic mass is 16.2. The zero-order valence-corrected chi connectivity index (χ0v) is 17.8. The molecule has 0 bridgehead atoms. The third kappa shape index (κ3) is 4.13. The van der Waals surface area contributed by atoms with Crippen LogP contribution in [0.15, 0.2) is 33.9 Å². The number of hydrogen-bond donors (Lipinski definition) is 1. The predicted octanol–water partition coefficient (Wildman–Crippen LogP) is 1.84. The van der Waals surface area contributed by atoms with E-state index in [2.05, 4.69) is 55.3 Å². The molecule has 1 aromatic carbocycles. The number of nitrogens with zero attached hydrogens (tertiary/aromatic N) is 4. The van der Waals surface area contributed by atoms with Crippen LogP contribution in [0.25, 0.3) is 0 Å². The van der Waals surface area contributed by atoms with Gasteiger partial charge in [0.1, 0.15) is 11.9 Å². The van der Waals surface area contributed by atoms with Gasteiger partial charge in [0.05, 0.1) is 0 Å². The molecule has 1 aromatic heterocycles. The maximum atomic E-state index is 12.4. The van der Waals surface area contributed by atoms with E-state index in [9.17, 15) is 14.9 Å². The van der Waals surface area contributed by atoms with Gasteiger partial charge in [0.15, 0.2) is 5.56 Å². The van der Waals surface area contributed by atoms with Gasteiger partial charge in [-0.2, -0.15) is 5.26 Å². The lowest BCUT2D eigenvalue weighted by Crippen LogP contribution is -2.48. The molecular weight excluding hydrogens is 366 g/mol. The average molecular weight is 396 g/mol. The molecule has 1 aliphatic rings. The van der Waals surface area contributed by atoms with E-state index >= 15 is 0 Å². The van der Waals surface area contributed by atoms with Gasteiger partial charge in [-0.15, -0.1) is 0 Å². The summed E-state index contributed by atoms with van der Waals surface area (Å²) in [6, 6.07) is 10.4. The molecule has 0 saturated carbocycles. The van der Waals surface area contributed by atoms with Gasteiger partial charge in [-0.3, -0.25) is 18.8 Å². The summed E-state index contributed by atoms with van der Waals surface area (Å²) in [5.74, 6) is 0.290. The van der Waals surface area contributed by atoms with Gasteiger partial charge < -0.3 is 5.32 Å². The zero-order valence-electron chi connectivity index (χ0n) is 17.8. The second-order valence-electron chi connectivity index (χ2n) is 8.86. The summed E-state index contributed by atoms with van der Waals surface area (Å²) in [6.07, 6.45) is 1.00. The Labute approximate surface area is 171 Å². The van der Waals surface area contributed by atoms with Crippen molar-refractivity contribution in [1.29, 1.82) is 5.26 Å². The Hall–Kier alpha value is -2.85. The molecule has 0 fully saturated rings. The lowest BCUT2D eigenvalue weighted by molar-refractivity contribution is 0.195. The molecule has 0 radical (unpaired) electrons. The van der Waals surface area contributed by atoms with E-state index in [1.54, 1.807) is 7.05 Å². The molecule has 7 nitrogen and oxygen atoms in total. The zero-order chi connectivity index (χ0) is 21.3. The van der Waals surface area contributed by atoms with Gasteiger partial charge in [0.2, 0.25) is 0 Å². The van der Waals surface area contributed by atoms with Gasteiger partial charge in [-0.25, -0.2) is 4.79 Å². The number of aromatic nitrogens is 2. The maximum Gasteiger partial charge on any atom is 0.332 e. The summed E-state index contributed by atoms with van der Waals surface area (Å²) in [5, 5.41) is 12.9. The molecule has 2 heterocycles. The number of benzene rings is 1. The van der Waals surface area contributed by atoms with Gasteiger partial charge in [-0.1, -0.05) is 45.0 Å². The van der Waals surface area contributed by atoms with Crippen LogP contribution >= 0.6 is 0 Å². The van der Waals surface area contributed by atoms with E-state index in [0.29, 0.717) is 0 Å². The van der Waals surface area contributed by atoms with Gasteiger partial charge in [-0.05, 0) is 23.0 Å². The molecule has 2 aromatic rings. The molecule has 1 atom stereocenters. The smallest absolute Gasteiger partial charge is 0.332 e. The topological polar surface area (TPSA) is 83.1 Å². The lowest BCUT2D eigenvalue weighted by atomic mass is 9.85. The van der Waals surface area contributed by atoms with Crippen molar-refractivity contribution in [3.63, 3.8) is 0 Å². The summed E-state index contributed by atoms with van der Waals surface area (Å²) >= 11 is 0. The van der Waals surface area contributed by atoms with Crippen LogP contribution in [0.4, 0.5) is 5.82 Å². The fourth-order valence-electron chi connectivity index (χ4n) is 3.78. The van der Waals surface area contributed by atoms with Gasteiger partial charge >= 0.3 is 5.69 Å². The number of nitriles is 1. The number of anilines is 1. The molecule has 0 spiro atoms. The van der Waals surface area contributed by atoms with Crippen molar-refractivity contribution in [2.75, 3.05) is 18.4 Å². The first-order valence-corrected chi connectivity index (χ1v) is 9.89. The van der Waals surface area contributed by atoms with Crippen LogP contribution in [0, 0.1) is 16.7 Å². The molecule has 0 saturated heterocycles. The number of nitrogens with one attached hydrogen (secondary N) is 1. The van der Waals surface area contributed by atoms with Crippen molar-refractivity contribution < 1.29 is 0 Å². The third-order valence-corrected chi connectivity index (χ3v) is 5.78. The highest BCUT2D eigenvalue weighted by Gasteiger charge is 2.30. The molecule has 0 amide bonds. The normalized spacial score (nSPS) is 15.4. The molecule has 3 rings (SSSR count). The van der Waals surface area contributed by atoms with Gasteiger partial charge in [0, 0.05) is 39.8 Å². The van der Waals surface area contributed by atoms with Crippen LogP contribution in [-0.2, 0) is 27.1 Å². The minimum Gasteiger partial charge on any atom is -0.366 e. The van der Waals surface area contributed by atoms with Crippen molar-refractivity contribution in [2.45, 2.75) is 39.8 Å².